The number of benzene rings is 1. The van der Waals surface area contributed by atoms with Crippen LogP contribution in [-0.2, 0) is 0 Å². The van der Waals surface area contributed by atoms with Crippen LogP contribution in [0.5, 0.6) is 5.75 Å². The zero-order valence-corrected chi connectivity index (χ0v) is 10.2. The Hall–Kier alpha value is -2.28. The quantitative estimate of drug-likeness (QED) is 0.735. The van der Waals surface area contributed by atoms with E-state index in [1.54, 1.807) is 12.1 Å². The van der Waals surface area contributed by atoms with Crippen LogP contribution in [0.25, 0.3) is 21.5 Å². The average Bonchev–Trinajstić information content (AvgIpc) is 2.92. The van der Waals surface area contributed by atoms with Crippen molar-refractivity contribution in [3.63, 3.8) is 0 Å². The van der Waals surface area contributed by atoms with Crippen LogP contribution in [0.2, 0.25) is 0 Å². The van der Waals surface area contributed by atoms with Gasteiger partial charge in [0.15, 0.2) is 11.3 Å². The second-order valence-corrected chi connectivity index (χ2v) is 4.64. The predicted molar refractivity (Wildman–Crippen MR) is 68.9 cm³/mol. The lowest BCUT2D eigenvalue weighted by Gasteiger charge is -2.03. The van der Waals surface area contributed by atoms with Gasteiger partial charge in [0.1, 0.15) is 5.82 Å². The van der Waals surface area contributed by atoms with Gasteiger partial charge >= 0.3 is 4.94 Å². The summed E-state index contributed by atoms with van der Waals surface area (Å²) in [6.07, 6.45) is 0. The van der Waals surface area contributed by atoms with Crippen LogP contribution in [0.4, 0.5) is 5.82 Å². The molecule has 2 aromatic heterocycles. The van der Waals surface area contributed by atoms with Gasteiger partial charge in [0, 0.05) is 11.6 Å². The number of nitrogens with two attached hydrogens (primary N) is 1. The topological polar surface area (TPSA) is 94.1 Å². The van der Waals surface area contributed by atoms with Crippen molar-refractivity contribution in [3.8, 4) is 17.0 Å². The van der Waals surface area contributed by atoms with E-state index in [9.17, 15) is 4.79 Å². The third kappa shape index (κ3) is 1.65. The molecule has 0 aliphatic carbocycles. The minimum absolute atomic E-state index is 0.357. The van der Waals surface area contributed by atoms with Gasteiger partial charge in [-0.05, 0) is 12.1 Å². The van der Waals surface area contributed by atoms with E-state index in [0.29, 0.717) is 17.2 Å². The summed E-state index contributed by atoms with van der Waals surface area (Å²) in [4.78, 5) is 10.9. The van der Waals surface area contributed by atoms with Crippen LogP contribution in [0.15, 0.2) is 27.4 Å². The molecule has 0 unspecified atom stereocenters. The molecule has 3 rings (SSSR count). The van der Waals surface area contributed by atoms with Gasteiger partial charge in [0.25, 0.3) is 0 Å². The van der Waals surface area contributed by atoms with Crippen molar-refractivity contribution in [1.82, 2.24) is 10.2 Å². The summed E-state index contributed by atoms with van der Waals surface area (Å²) >= 11 is 1.03. The highest BCUT2D eigenvalue weighted by Crippen LogP contribution is 2.33. The minimum atomic E-state index is -0.357. The zero-order valence-electron chi connectivity index (χ0n) is 9.39. The van der Waals surface area contributed by atoms with Gasteiger partial charge in [0.2, 0.25) is 0 Å². The molecule has 0 radical (unpaired) electrons. The number of aromatic amines is 1. The first-order valence-electron chi connectivity index (χ1n) is 5.10. The zero-order chi connectivity index (χ0) is 12.7. The van der Waals surface area contributed by atoms with Crippen LogP contribution in [0.1, 0.15) is 0 Å². The molecular formula is C11H9N3O3S. The number of hydrogen-bond donors (Lipinski definition) is 2. The summed E-state index contributed by atoms with van der Waals surface area (Å²) in [5, 5.41) is 6.67. The van der Waals surface area contributed by atoms with Gasteiger partial charge in [0.05, 0.1) is 17.5 Å². The molecule has 0 spiro atoms. The fraction of sp³-hybridized carbons (Fsp3) is 0.0909. The van der Waals surface area contributed by atoms with Crippen LogP contribution in [0, 0.1) is 0 Å². The number of aromatic nitrogens is 2. The third-order valence-electron chi connectivity index (χ3n) is 2.53. The van der Waals surface area contributed by atoms with E-state index >= 15 is 0 Å². The van der Waals surface area contributed by atoms with E-state index in [-0.39, 0.29) is 4.94 Å². The van der Waals surface area contributed by atoms with Crippen LogP contribution >= 0.6 is 11.3 Å². The van der Waals surface area contributed by atoms with E-state index < -0.39 is 0 Å². The highest BCUT2D eigenvalue weighted by molar-refractivity contribution is 7.16. The van der Waals surface area contributed by atoms with Crippen LogP contribution in [0.3, 0.4) is 0 Å². The van der Waals surface area contributed by atoms with E-state index in [1.807, 2.05) is 6.07 Å². The van der Waals surface area contributed by atoms with Crippen molar-refractivity contribution >= 4 is 27.4 Å². The van der Waals surface area contributed by atoms with Crippen molar-refractivity contribution < 1.29 is 9.15 Å². The summed E-state index contributed by atoms with van der Waals surface area (Å²) < 4.78 is 11.0. The maximum absolute atomic E-state index is 11.3. The molecule has 0 atom stereocenters. The molecule has 6 nitrogen and oxygen atoms in total. The molecule has 2 heterocycles. The molecule has 3 aromatic rings. The van der Waals surface area contributed by atoms with Crippen LogP contribution < -0.4 is 15.4 Å². The number of nitrogens with one attached hydrogen (secondary N) is 1. The van der Waals surface area contributed by atoms with Gasteiger partial charge in [-0.3, -0.25) is 5.10 Å². The fourth-order valence-corrected chi connectivity index (χ4v) is 2.46. The summed E-state index contributed by atoms with van der Waals surface area (Å²) in [5.41, 5.74) is 7.62. The Morgan fingerprint density at radius 1 is 1.44 bits per heavy atom. The number of rotatable bonds is 2. The number of ether oxygens (including phenoxy) is 1. The molecule has 0 bridgehead atoms. The molecule has 0 aliphatic rings. The second-order valence-electron chi connectivity index (χ2n) is 3.67. The minimum Gasteiger partial charge on any atom is -0.493 e. The molecule has 0 saturated heterocycles. The van der Waals surface area contributed by atoms with E-state index in [1.165, 1.54) is 7.11 Å². The largest absolute Gasteiger partial charge is 0.493 e. The highest BCUT2D eigenvalue weighted by atomic mass is 32.1. The monoisotopic (exact) mass is 263 g/mol. The predicted octanol–water partition coefficient (Wildman–Crippen LogP) is 1.84. The maximum Gasteiger partial charge on any atom is 0.396 e. The number of nitrogens with zero attached hydrogens (tertiary/aromatic N) is 1. The summed E-state index contributed by atoms with van der Waals surface area (Å²) in [6, 6.07) is 5.31. The Kier molecular flexibility index (Phi) is 2.34. The van der Waals surface area contributed by atoms with Gasteiger partial charge in [-0.25, -0.2) is 4.79 Å². The van der Waals surface area contributed by atoms with Crippen molar-refractivity contribution in [2.75, 3.05) is 12.8 Å². The Morgan fingerprint density at radius 3 is 2.94 bits per heavy atom. The fourth-order valence-electron chi connectivity index (χ4n) is 1.74. The molecule has 7 heteroatoms. The van der Waals surface area contributed by atoms with Crippen molar-refractivity contribution in [2.45, 2.75) is 0 Å². The number of anilines is 1. The lowest BCUT2D eigenvalue weighted by Crippen LogP contribution is -1.86. The summed E-state index contributed by atoms with van der Waals surface area (Å²) in [7, 11) is 1.53. The molecule has 1 aromatic carbocycles. The van der Waals surface area contributed by atoms with E-state index in [2.05, 4.69) is 10.2 Å². The molecule has 18 heavy (non-hydrogen) atoms. The smallest absolute Gasteiger partial charge is 0.396 e. The number of H-pyrrole nitrogens is 1. The van der Waals surface area contributed by atoms with Gasteiger partial charge < -0.3 is 14.9 Å². The number of nitrogen functional groups attached to an aromatic ring is 1. The first-order valence-corrected chi connectivity index (χ1v) is 5.92. The first kappa shape index (κ1) is 10.8. The lowest BCUT2D eigenvalue weighted by molar-refractivity contribution is 0.409. The highest BCUT2D eigenvalue weighted by Gasteiger charge is 2.12. The molecule has 3 N–H and O–H groups in total. The molecule has 0 saturated carbocycles. The van der Waals surface area contributed by atoms with Crippen LogP contribution in [-0.4, -0.2) is 17.3 Å². The second kappa shape index (κ2) is 3.88. The average molecular weight is 263 g/mol. The Balaban J connectivity index is 2.27. The lowest BCUT2D eigenvalue weighted by atomic mass is 10.1. The number of hydrogen-bond acceptors (Lipinski definition) is 6. The van der Waals surface area contributed by atoms with Crippen molar-refractivity contribution in [1.29, 1.82) is 0 Å². The van der Waals surface area contributed by atoms with Gasteiger partial charge in [-0.15, -0.1) is 0 Å². The first-order chi connectivity index (χ1) is 8.67. The van der Waals surface area contributed by atoms with E-state index in [0.717, 1.165) is 27.3 Å². The number of methoxy groups -OCH3 is 1. The standard InChI is InChI=1S/C11H9N3O3S/c1-16-7-2-5(6-4-9(12)14-13-6)3-8-10(7)17-11(15)18-8/h2-4H,1H3,(H3,12,13,14). The molecule has 0 amide bonds. The summed E-state index contributed by atoms with van der Waals surface area (Å²) in [6.45, 7) is 0. The summed E-state index contributed by atoms with van der Waals surface area (Å²) in [5.74, 6) is 0.915. The normalized spacial score (nSPS) is 10.9. The van der Waals surface area contributed by atoms with Crippen molar-refractivity contribution in [3.05, 3.63) is 27.9 Å². The van der Waals surface area contributed by atoms with Gasteiger partial charge in [-0.2, -0.15) is 5.10 Å². The SMILES string of the molecule is COc1cc(-c2cc(N)n[nH]2)cc2sc(=O)oc12. The third-order valence-corrected chi connectivity index (χ3v) is 3.30. The van der Waals surface area contributed by atoms with E-state index in [4.69, 9.17) is 14.9 Å². The maximum atomic E-state index is 11.3. The molecule has 0 aliphatic heterocycles. The Morgan fingerprint density at radius 2 is 2.28 bits per heavy atom. The molecule has 0 fully saturated rings. The van der Waals surface area contributed by atoms with Gasteiger partial charge in [-0.1, -0.05) is 11.3 Å². The molecule has 92 valence electrons. The van der Waals surface area contributed by atoms with Crippen molar-refractivity contribution in [2.24, 2.45) is 0 Å². The Bertz CT molecular complexity index is 771. The molecular weight excluding hydrogens is 254 g/mol. The number of fused-ring (bicyclic) bond motifs is 1. The Labute approximate surface area is 105 Å².